The largest absolute Gasteiger partial charge is 0.380 e. The summed E-state index contributed by atoms with van der Waals surface area (Å²) in [6, 6.07) is 2.83. The van der Waals surface area contributed by atoms with Gasteiger partial charge in [-0.3, -0.25) is 9.58 Å². The Morgan fingerprint density at radius 3 is 2.90 bits per heavy atom. The lowest BCUT2D eigenvalue weighted by atomic mass is 9.90. The van der Waals surface area contributed by atoms with Gasteiger partial charge in [0.25, 0.3) is 0 Å². The van der Waals surface area contributed by atoms with E-state index in [1.54, 1.807) is 8.77 Å². The maximum atomic E-state index is 5.61. The molecule has 4 heterocycles. The van der Waals surface area contributed by atoms with E-state index in [1.807, 2.05) is 25.6 Å². The van der Waals surface area contributed by atoms with E-state index in [0.29, 0.717) is 6.04 Å². The van der Waals surface area contributed by atoms with E-state index < -0.39 is 0 Å². The van der Waals surface area contributed by atoms with Crippen molar-refractivity contribution in [1.29, 1.82) is 0 Å². The Hall–Kier alpha value is -2.16. The Morgan fingerprint density at radius 2 is 2.10 bits per heavy atom. The van der Waals surface area contributed by atoms with Crippen molar-refractivity contribution in [1.82, 2.24) is 28.9 Å². The maximum Gasteiger partial charge on any atom is 0.170 e. The summed E-state index contributed by atoms with van der Waals surface area (Å²) in [6.07, 6.45) is 12.6. The minimum Gasteiger partial charge on any atom is -0.380 e. The summed E-state index contributed by atoms with van der Waals surface area (Å²) in [5, 5.41) is 9.86. The van der Waals surface area contributed by atoms with Gasteiger partial charge in [0.1, 0.15) is 5.69 Å². The molecule has 0 spiro atoms. The van der Waals surface area contributed by atoms with E-state index in [9.17, 15) is 0 Å². The average molecular weight is 411 g/mol. The Kier molecular flexibility index (Phi) is 5.15. The normalized spacial score (nSPS) is 21.3. The minimum atomic E-state index is 0.628. The number of hydrogen-bond acceptors (Lipinski definition) is 6. The van der Waals surface area contributed by atoms with Crippen LogP contribution in [0.25, 0.3) is 27.9 Å². The highest BCUT2D eigenvalue weighted by Crippen LogP contribution is 2.33. The molecule has 7 nitrogen and oxygen atoms in total. The molecule has 2 aliphatic rings. The highest BCUT2D eigenvalue weighted by molar-refractivity contribution is 7.78. The summed E-state index contributed by atoms with van der Waals surface area (Å²) in [7, 11) is 1.91. The summed E-state index contributed by atoms with van der Waals surface area (Å²) in [6.45, 7) is 3.96. The van der Waals surface area contributed by atoms with E-state index >= 15 is 0 Å². The van der Waals surface area contributed by atoms with Crippen LogP contribution in [0.2, 0.25) is 0 Å². The number of aromatic nitrogens is 5. The van der Waals surface area contributed by atoms with Gasteiger partial charge in [0.2, 0.25) is 0 Å². The van der Waals surface area contributed by atoms with Gasteiger partial charge in [-0.1, -0.05) is 6.08 Å². The standard InChI is InChI=1S/C21H26N6OS/c1-25-14-17(13-23-25)20-19-11-16(12-22-21(19)27(29)24-20)15-3-5-18(6-4-15)26-7-2-9-28-10-8-26/h3,11-14,18,29H,2,4-10H2,1H3. The first-order valence-corrected chi connectivity index (χ1v) is 10.7. The number of allylic oxidation sites excluding steroid dienone is 1. The zero-order valence-corrected chi connectivity index (χ0v) is 17.6. The minimum absolute atomic E-state index is 0.628. The summed E-state index contributed by atoms with van der Waals surface area (Å²) in [5.41, 5.74) is 5.18. The van der Waals surface area contributed by atoms with E-state index in [2.05, 4.69) is 45.0 Å². The van der Waals surface area contributed by atoms with Gasteiger partial charge in [-0.15, -0.1) is 0 Å². The monoisotopic (exact) mass is 410 g/mol. The molecule has 3 aromatic heterocycles. The molecule has 0 amide bonds. The van der Waals surface area contributed by atoms with Gasteiger partial charge < -0.3 is 4.74 Å². The topological polar surface area (TPSA) is 61.0 Å². The number of aryl methyl sites for hydroxylation is 1. The van der Waals surface area contributed by atoms with Crippen molar-refractivity contribution in [3.05, 3.63) is 36.3 Å². The lowest BCUT2D eigenvalue weighted by molar-refractivity contribution is 0.129. The molecule has 3 aromatic rings. The van der Waals surface area contributed by atoms with Crippen LogP contribution in [0.5, 0.6) is 0 Å². The fourth-order valence-electron chi connectivity index (χ4n) is 4.46. The van der Waals surface area contributed by atoms with E-state index in [-0.39, 0.29) is 0 Å². The van der Waals surface area contributed by atoms with Gasteiger partial charge in [0.05, 0.1) is 12.8 Å². The van der Waals surface area contributed by atoms with Gasteiger partial charge in [0, 0.05) is 56.1 Å². The maximum absolute atomic E-state index is 5.61. The second-order valence-corrected chi connectivity index (χ2v) is 8.27. The van der Waals surface area contributed by atoms with Gasteiger partial charge in [0.15, 0.2) is 5.65 Å². The molecule has 0 N–H and O–H groups in total. The van der Waals surface area contributed by atoms with Gasteiger partial charge in [-0.2, -0.15) is 14.3 Å². The number of rotatable bonds is 3. The summed E-state index contributed by atoms with van der Waals surface area (Å²) in [4.78, 5) is 7.26. The van der Waals surface area contributed by atoms with Crippen LogP contribution >= 0.6 is 12.8 Å². The third-order valence-electron chi connectivity index (χ3n) is 6.01. The summed E-state index contributed by atoms with van der Waals surface area (Å²) in [5.74, 6) is 0. The molecule has 5 rings (SSSR count). The van der Waals surface area contributed by atoms with E-state index in [1.165, 1.54) is 17.6 Å². The molecular formula is C21H26N6OS. The third kappa shape index (κ3) is 3.72. The Morgan fingerprint density at radius 1 is 1.17 bits per heavy atom. The quantitative estimate of drug-likeness (QED) is 0.672. The number of thiol groups is 1. The van der Waals surface area contributed by atoms with E-state index in [4.69, 9.17) is 4.74 Å². The van der Waals surface area contributed by atoms with Crippen molar-refractivity contribution < 1.29 is 4.74 Å². The van der Waals surface area contributed by atoms with E-state index in [0.717, 1.165) is 67.9 Å². The van der Waals surface area contributed by atoms with Crippen molar-refractivity contribution in [2.45, 2.75) is 31.7 Å². The van der Waals surface area contributed by atoms with Crippen LogP contribution in [0.15, 0.2) is 30.7 Å². The summed E-state index contributed by atoms with van der Waals surface area (Å²) < 4.78 is 8.95. The molecule has 152 valence electrons. The number of hydrogen-bond donors (Lipinski definition) is 1. The van der Waals surface area contributed by atoms with Crippen LogP contribution in [-0.2, 0) is 11.8 Å². The fraction of sp³-hybridized carbons (Fsp3) is 0.476. The second-order valence-electron chi connectivity index (χ2n) is 7.90. The SMILES string of the molecule is Cn1cc(-c2nn(S)c3ncc(C4=CCC(N5CCCOCC5)CC4)cc23)cn1. The highest BCUT2D eigenvalue weighted by atomic mass is 32.1. The van der Waals surface area contributed by atoms with Crippen molar-refractivity contribution in [2.75, 3.05) is 26.3 Å². The molecule has 0 aromatic carbocycles. The molecule has 1 atom stereocenters. The van der Waals surface area contributed by atoms with Crippen LogP contribution in [0.3, 0.4) is 0 Å². The van der Waals surface area contributed by atoms with Crippen LogP contribution in [-0.4, -0.2) is 61.2 Å². The van der Waals surface area contributed by atoms with Crippen LogP contribution in [0.4, 0.5) is 0 Å². The number of nitrogens with zero attached hydrogens (tertiary/aromatic N) is 6. The predicted octanol–water partition coefficient (Wildman–Crippen LogP) is 3.18. The first kappa shape index (κ1) is 18.8. The first-order chi connectivity index (χ1) is 14.2. The molecule has 29 heavy (non-hydrogen) atoms. The number of fused-ring (bicyclic) bond motifs is 1. The molecule has 0 saturated carbocycles. The van der Waals surface area contributed by atoms with Gasteiger partial charge >= 0.3 is 0 Å². The van der Waals surface area contributed by atoms with Crippen molar-refractivity contribution >= 4 is 29.4 Å². The molecule has 1 aliphatic heterocycles. The molecule has 1 fully saturated rings. The highest BCUT2D eigenvalue weighted by Gasteiger charge is 2.23. The first-order valence-electron chi connectivity index (χ1n) is 10.3. The zero-order chi connectivity index (χ0) is 19.8. The summed E-state index contributed by atoms with van der Waals surface area (Å²) >= 11 is 4.45. The Bertz CT molecular complexity index is 1050. The molecular weight excluding hydrogens is 384 g/mol. The average Bonchev–Trinajstić information content (AvgIpc) is 3.19. The molecule has 8 heteroatoms. The lowest BCUT2D eigenvalue weighted by Crippen LogP contribution is -2.37. The van der Waals surface area contributed by atoms with Crippen molar-refractivity contribution in [2.24, 2.45) is 7.05 Å². The number of ether oxygens (including phenoxy) is 1. The molecule has 0 radical (unpaired) electrons. The molecule has 1 aliphatic carbocycles. The smallest absolute Gasteiger partial charge is 0.170 e. The number of pyridine rings is 1. The second kappa shape index (κ2) is 7.93. The van der Waals surface area contributed by atoms with Gasteiger partial charge in [-0.05, 0) is 55.7 Å². The predicted molar refractivity (Wildman–Crippen MR) is 117 cm³/mol. The Balaban J connectivity index is 1.42. The lowest BCUT2D eigenvalue weighted by Gasteiger charge is -2.32. The van der Waals surface area contributed by atoms with Crippen LogP contribution < -0.4 is 0 Å². The molecule has 1 saturated heterocycles. The van der Waals surface area contributed by atoms with Crippen LogP contribution in [0, 0.1) is 0 Å². The third-order valence-corrected chi connectivity index (χ3v) is 6.29. The zero-order valence-electron chi connectivity index (χ0n) is 16.7. The van der Waals surface area contributed by atoms with Crippen molar-refractivity contribution in [3.63, 3.8) is 0 Å². The molecule has 0 bridgehead atoms. The van der Waals surface area contributed by atoms with Crippen LogP contribution in [0.1, 0.15) is 31.2 Å². The Labute approximate surface area is 175 Å². The van der Waals surface area contributed by atoms with Crippen molar-refractivity contribution in [3.8, 4) is 11.3 Å². The van der Waals surface area contributed by atoms with Gasteiger partial charge in [-0.25, -0.2) is 4.98 Å². The molecule has 1 unspecified atom stereocenters. The fourth-order valence-corrected chi connectivity index (χ4v) is 4.71.